The third kappa shape index (κ3) is 4.85. The highest BCUT2D eigenvalue weighted by Gasteiger charge is 2.33. The average Bonchev–Trinajstić information content (AvgIpc) is 3.32. The van der Waals surface area contributed by atoms with Crippen LogP contribution < -0.4 is 4.90 Å². The van der Waals surface area contributed by atoms with Crippen LogP contribution in [0.5, 0.6) is 0 Å². The second-order valence-corrected chi connectivity index (χ2v) is 10.5. The van der Waals surface area contributed by atoms with E-state index in [1.807, 2.05) is 54.3 Å². The molecule has 0 amide bonds. The molecule has 3 aromatic carbocycles. The number of aromatic nitrogens is 1. The van der Waals surface area contributed by atoms with E-state index in [-0.39, 0.29) is 21.7 Å². The molecule has 0 unspecified atom stereocenters. The highest BCUT2D eigenvalue weighted by Crippen LogP contribution is 2.36. The van der Waals surface area contributed by atoms with Gasteiger partial charge in [-0.1, -0.05) is 48.5 Å². The molecule has 1 saturated heterocycles. The van der Waals surface area contributed by atoms with E-state index in [0.717, 1.165) is 42.9 Å². The largest absolute Gasteiger partial charge is 0.419 e. The minimum atomic E-state index is -4.02. The van der Waals surface area contributed by atoms with Gasteiger partial charge in [-0.2, -0.15) is 4.98 Å². The molecule has 0 bridgehead atoms. The zero-order chi connectivity index (χ0) is 24.4. The van der Waals surface area contributed by atoms with E-state index in [1.54, 1.807) is 0 Å². The predicted octanol–water partition coefficient (Wildman–Crippen LogP) is 4.94. The van der Waals surface area contributed by atoms with Crippen molar-refractivity contribution in [1.29, 1.82) is 0 Å². The molecule has 5 rings (SSSR count). The Labute approximate surface area is 204 Å². The van der Waals surface area contributed by atoms with E-state index < -0.39 is 15.7 Å². The normalized spacial score (nSPS) is 14.9. The molecular formula is C27H26FN3O3S. The van der Waals surface area contributed by atoms with Crippen LogP contribution in [0, 0.1) is 12.7 Å². The van der Waals surface area contributed by atoms with Gasteiger partial charge < -0.3 is 9.32 Å². The third-order valence-corrected chi connectivity index (χ3v) is 7.91. The molecule has 0 spiro atoms. The molecule has 180 valence electrons. The first kappa shape index (κ1) is 23.3. The van der Waals surface area contributed by atoms with Gasteiger partial charge in [0.25, 0.3) is 0 Å². The van der Waals surface area contributed by atoms with Crippen molar-refractivity contribution in [3.05, 3.63) is 95.8 Å². The summed E-state index contributed by atoms with van der Waals surface area (Å²) in [6.45, 7) is 5.47. The van der Waals surface area contributed by atoms with Crippen LogP contribution in [0.3, 0.4) is 0 Å². The summed E-state index contributed by atoms with van der Waals surface area (Å²) in [5.74, 6) is -0.0168. The number of oxazole rings is 1. The number of sulfone groups is 1. The Hall–Kier alpha value is -3.49. The number of halogens is 1. The first-order valence-corrected chi connectivity index (χ1v) is 13.0. The number of hydrogen-bond acceptors (Lipinski definition) is 6. The van der Waals surface area contributed by atoms with Crippen molar-refractivity contribution >= 4 is 15.7 Å². The van der Waals surface area contributed by atoms with E-state index in [0.29, 0.717) is 13.1 Å². The fraction of sp³-hybridized carbons (Fsp3) is 0.222. The molecule has 0 radical (unpaired) electrons. The Morgan fingerprint density at radius 2 is 1.54 bits per heavy atom. The smallest absolute Gasteiger partial charge is 0.236 e. The molecule has 0 aliphatic carbocycles. The van der Waals surface area contributed by atoms with E-state index in [2.05, 4.69) is 22.0 Å². The minimum Gasteiger partial charge on any atom is -0.419 e. The van der Waals surface area contributed by atoms with Gasteiger partial charge in [0, 0.05) is 38.3 Å². The van der Waals surface area contributed by atoms with Crippen molar-refractivity contribution in [2.24, 2.45) is 0 Å². The minimum absolute atomic E-state index is 0.0208. The lowest BCUT2D eigenvalue weighted by molar-refractivity contribution is 0.245. The van der Waals surface area contributed by atoms with Crippen LogP contribution in [0.15, 0.2) is 93.2 Å². The Bertz CT molecular complexity index is 1410. The van der Waals surface area contributed by atoms with Gasteiger partial charge in [-0.25, -0.2) is 12.8 Å². The van der Waals surface area contributed by atoms with Gasteiger partial charge in [-0.15, -0.1) is 0 Å². The molecule has 0 atom stereocenters. The van der Waals surface area contributed by atoms with Crippen LogP contribution in [-0.2, 0) is 16.4 Å². The number of benzene rings is 3. The zero-order valence-electron chi connectivity index (χ0n) is 19.4. The first-order chi connectivity index (χ1) is 16.9. The fourth-order valence-corrected chi connectivity index (χ4v) is 5.60. The molecule has 4 aromatic rings. The van der Waals surface area contributed by atoms with Crippen molar-refractivity contribution < 1.29 is 17.2 Å². The summed E-state index contributed by atoms with van der Waals surface area (Å²) in [5.41, 5.74) is 2.90. The Kier molecular flexibility index (Phi) is 6.40. The summed E-state index contributed by atoms with van der Waals surface area (Å²) < 4.78 is 46.7. The maximum Gasteiger partial charge on any atom is 0.236 e. The van der Waals surface area contributed by atoms with Crippen molar-refractivity contribution in [3.8, 4) is 11.5 Å². The molecular weight excluding hydrogens is 465 g/mol. The number of anilines is 1. The van der Waals surface area contributed by atoms with Gasteiger partial charge in [0.05, 0.1) is 4.90 Å². The number of nitrogens with zero attached hydrogens (tertiary/aromatic N) is 3. The molecule has 2 heterocycles. The van der Waals surface area contributed by atoms with Crippen molar-refractivity contribution in [1.82, 2.24) is 9.88 Å². The van der Waals surface area contributed by atoms with Gasteiger partial charge in [-0.05, 0) is 48.4 Å². The number of piperazine rings is 1. The number of rotatable bonds is 6. The standard InChI is InChI=1S/C27H26FN3O3S/c1-20-7-5-6-10-24(20)25-29-26(35(32,33)23-13-11-22(28)12-14-23)27(34-25)31-17-15-30(16-18-31)19-21-8-3-2-4-9-21/h2-14H,15-19H2,1H3. The lowest BCUT2D eigenvalue weighted by Gasteiger charge is -2.34. The van der Waals surface area contributed by atoms with Gasteiger partial charge in [0.1, 0.15) is 5.82 Å². The maximum atomic E-state index is 13.6. The average molecular weight is 492 g/mol. The quantitative estimate of drug-likeness (QED) is 0.356. The van der Waals surface area contributed by atoms with E-state index in [9.17, 15) is 12.8 Å². The van der Waals surface area contributed by atoms with E-state index in [4.69, 9.17) is 4.42 Å². The highest BCUT2D eigenvalue weighted by atomic mass is 32.2. The monoisotopic (exact) mass is 491 g/mol. The van der Waals surface area contributed by atoms with Crippen LogP contribution in [0.4, 0.5) is 10.3 Å². The van der Waals surface area contributed by atoms with E-state index in [1.165, 1.54) is 17.7 Å². The first-order valence-electron chi connectivity index (χ1n) is 11.5. The summed E-state index contributed by atoms with van der Waals surface area (Å²) >= 11 is 0. The van der Waals surface area contributed by atoms with Gasteiger partial charge in [0.15, 0.2) is 0 Å². The summed E-state index contributed by atoms with van der Waals surface area (Å²) in [6.07, 6.45) is 0. The molecule has 6 nitrogen and oxygen atoms in total. The van der Waals surface area contributed by atoms with Crippen LogP contribution in [0.1, 0.15) is 11.1 Å². The highest BCUT2D eigenvalue weighted by molar-refractivity contribution is 7.91. The van der Waals surface area contributed by atoms with Crippen molar-refractivity contribution in [2.45, 2.75) is 23.4 Å². The zero-order valence-corrected chi connectivity index (χ0v) is 20.2. The molecule has 1 aliphatic heterocycles. The van der Waals surface area contributed by atoms with Gasteiger partial charge in [0.2, 0.25) is 26.6 Å². The van der Waals surface area contributed by atoms with Crippen LogP contribution in [-0.4, -0.2) is 44.5 Å². The third-order valence-electron chi connectivity index (χ3n) is 6.24. The number of aryl methyl sites for hydroxylation is 1. The van der Waals surface area contributed by atoms with Crippen LogP contribution in [0.25, 0.3) is 11.5 Å². The summed E-state index contributed by atoms with van der Waals surface area (Å²) in [6, 6.07) is 22.6. The maximum absolute atomic E-state index is 13.6. The molecule has 35 heavy (non-hydrogen) atoms. The molecule has 0 N–H and O–H groups in total. The van der Waals surface area contributed by atoms with Crippen molar-refractivity contribution in [3.63, 3.8) is 0 Å². The predicted molar refractivity (Wildman–Crippen MR) is 132 cm³/mol. The molecule has 1 aliphatic rings. The van der Waals surface area contributed by atoms with Gasteiger partial charge >= 0.3 is 0 Å². The Balaban J connectivity index is 1.48. The van der Waals surface area contributed by atoms with Crippen LogP contribution >= 0.6 is 0 Å². The van der Waals surface area contributed by atoms with Crippen LogP contribution in [0.2, 0.25) is 0 Å². The lowest BCUT2D eigenvalue weighted by Crippen LogP contribution is -2.46. The molecule has 0 saturated carbocycles. The molecule has 1 aromatic heterocycles. The fourth-order valence-electron chi connectivity index (χ4n) is 4.28. The van der Waals surface area contributed by atoms with Gasteiger partial charge in [-0.3, -0.25) is 4.90 Å². The molecule has 1 fully saturated rings. The SMILES string of the molecule is Cc1ccccc1-c1nc(S(=O)(=O)c2ccc(F)cc2)c(N2CCN(Cc3ccccc3)CC2)o1. The summed E-state index contributed by atoms with van der Waals surface area (Å²) in [5, 5.41) is -0.140. The Morgan fingerprint density at radius 3 is 2.23 bits per heavy atom. The second-order valence-electron chi connectivity index (χ2n) is 8.65. The Morgan fingerprint density at radius 1 is 0.886 bits per heavy atom. The lowest BCUT2D eigenvalue weighted by atomic mass is 10.1. The van der Waals surface area contributed by atoms with Crippen molar-refractivity contribution in [2.75, 3.05) is 31.1 Å². The summed E-state index contributed by atoms with van der Waals surface area (Å²) in [7, 11) is -4.02. The molecule has 8 heteroatoms. The summed E-state index contributed by atoms with van der Waals surface area (Å²) in [4.78, 5) is 8.72. The second kappa shape index (κ2) is 9.64. The number of hydrogen-bond donors (Lipinski definition) is 0. The topological polar surface area (TPSA) is 66.7 Å². The van der Waals surface area contributed by atoms with E-state index >= 15 is 0 Å².